The SMILES string of the molecule is C[N+](C)(C=C1C=CC=C[CH+]1)CCCCCCCNC[Si]. The molecule has 2 nitrogen and oxygen atoms in total. The zero-order valence-corrected chi connectivity index (χ0v) is 14.1. The molecule has 0 heterocycles. The fraction of sp³-hybridized carbons (Fsp3) is 0.588. The van der Waals surface area contributed by atoms with Crippen LogP contribution in [0.15, 0.2) is 36.1 Å². The van der Waals surface area contributed by atoms with Crippen LogP contribution in [0.5, 0.6) is 0 Å². The van der Waals surface area contributed by atoms with Crippen LogP contribution in [-0.4, -0.2) is 48.1 Å². The van der Waals surface area contributed by atoms with Crippen molar-refractivity contribution in [3.63, 3.8) is 0 Å². The van der Waals surface area contributed by atoms with Crippen LogP contribution in [0.4, 0.5) is 0 Å². The number of rotatable bonds is 10. The Balaban J connectivity index is 2.10. The van der Waals surface area contributed by atoms with Gasteiger partial charge in [0.1, 0.15) is 5.57 Å². The number of hydrogen-bond acceptors (Lipinski definition) is 1. The predicted octanol–water partition coefficient (Wildman–Crippen LogP) is 2.94. The van der Waals surface area contributed by atoms with Crippen molar-refractivity contribution in [1.82, 2.24) is 5.32 Å². The van der Waals surface area contributed by atoms with Crippen molar-refractivity contribution >= 4 is 10.2 Å². The molecule has 1 N–H and O–H groups in total. The van der Waals surface area contributed by atoms with Crippen LogP contribution in [-0.2, 0) is 0 Å². The number of hydrogen-bond donors (Lipinski definition) is 1. The van der Waals surface area contributed by atoms with E-state index in [1.54, 1.807) is 0 Å². The van der Waals surface area contributed by atoms with Gasteiger partial charge < -0.3 is 5.32 Å². The Labute approximate surface area is 128 Å². The highest BCUT2D eigenvalue weighted by atomic mass is 28.1. The third kappa shape index (κ3) is 8.41. The first kappa shape index (κ1) is 17.3. The van der Waals surface area contributed by atoms with Gasteiger partial charge in [0.15, 0.2) is 6.20 Å². The number of nitrogens with one attached hydrogen (secondary N) is 1. The molecule has 109 valence electrons. The number of allylic oxidation sites excluding steroid dienone is 5. The first-order valence-electron chi connectivity index (χ1n) is 7.73. The van der Waals surface area contributed by atoms with Gasteiger partial charge in [0, 0.05) is 41.0 Å². The lowest BCUT2D eigenvalue weighted by Crippen LogP contribution is -2.34. The van der Waals surface area contributed by atoms with Crippen LogP contribution in [0.25, 0.3) is 0 Å². The molecule has 0 saturated heterocycles. The number of quaternary nitrogens is 1. The fourth-order valence-corrected chi connectivity index (χ4v) is 2.57. The molecule has 0 fully saturated rings. The van der Waals surface area contributed by atoms with E-state index in [4.69, 9.17) is 0 Å². The molecule has 0 aromatic heterocycles. The Hall–Kier alpha value is -0.773. The first-order chi connectivity index (χ1) is 9.64. The summed E-state index contributed by atoms with van der Waals surface area (Å²) < 4.78 is 0.967. The lowest BCUT2D eigenvalue weighted by atomic mass is 10.1. The molecule has 0 atom stereocenters. The van der Waals surface area contributed by atoms with Gasteiger partial charge in [0.2, 0.25) is 0 Å². The average Bonchev–Trinajstić information content (AvgIpc) is 2.42. The smallest absolute Gasteiger partial charge is 0.177 e. The maximum atomic E-state index is 3.42. The van der Waals surface area contributed by atoms with Crippen LogP contribution in [0.1, 0.15) is 32.1 Å². The van der Waals surface area contributed by atoms with Crippen molar-refractivity contribution < 1.29 is 4.48 Å². The van der Waals surface area contributed by atoms with Gasteiger partial charge in [-0.1, -0.05) is 12.8 Å². The summed E-state index contributed by atoms with van der Waals surface area (Å²) >= 11 is 0. The van der Waals surface area contributed by atoms with E-state index in [2.05, 4.69) is 66.6 Å². The predicted molar refractivity (Wildman–Crippen MR) is 89.3 cm³/mol. The number of unbranched alkanes of at least 4 members (excludes halogenated alkanes) is 4. The van der Waals surface area contributed by atoms with Crippen LogP contribution in [0.3, 0.4) is 0 Å². The normalized spacial score (nSPS) is 16.6. The number of nitrogens with zero attached hydrogens (tertiary/aromatic N) is 1. The topological polar surface area (TPSA) is 12.0 Å². The minimum Gasteiger partial charge on any atom is -0.320 e. The molecule has 0 spiro atoms. The van der Waals surface area contributed by atoms with E-state index in [0.717, 1.165) is 17.2 Å². The molecule has 0 unspecified atom stereocenters. The minimum atomic E-state index is 0.904. The van der Waals surface area contributed by atoms with Crippen LogP contribution in [0, 0.1) is 6.42 Å². The quantitative estimate of drug-likeness (QED) is 0.282. The Morgan fingerprint density at radius 2 is 1.90 bits per heavy atom. The van der Waals surface area contributed by atoms with Crippen LogP contribution < -0.4 is 5.32 Å². The summed E-state index contributed by atoms with van der Waals surface area (Å²) in [5, 5.41) is 3.30. The molecule has 0 aromatic carbocycles. The second kappa shape index (κ2) is 10.0. The summed E-state index contributed by atoms with van der Waals surface area (Å²) in [6.45, 7) is 2.35. The van der Waals surface area contributed by atoms with Crippen molar-refractivity contribution in [2.24, 2.45) is 0 Å². The largest absolute Gasteiger partial charge is 0.320 e. The molecule has 20 heavy (non-hydrogen) atoms. The third-order valence-corrected chi connectivity index (χ3v) is 3.76. The lowest BCUT2D eigenvalue weighted by molar-refractivity contribution is -0.839. The van der Waals surface area contributed by atoms with Crippen LogP contribution in [0.2, 0.25) is 0 Å². The maximum Gasteiger partial charge on any atom is 0.177 e. The van der Waals surface area contributed by atoms with Crippen LogP contribution >= 0.6 is 0 Å². The molecular weight excluding hydrogens is 260 g/mol. The summed E-state index contributed by atoms with van der Waals surface area (Å²) in [5.41, 5.74) is 1.32. The van der Waals surface area contributed by atoms with Gasteiger partial charge in [-0.25, -0.2) is 0 Å². The summed E-state index contributed by atoms with van der Waals surface area (Å²) in [7, 11) is 7.99. The van der Waals surface area contributed by atoms with Gasteiger partial charge in [0.25, 0.3) is 0 Å². The molecule has 3 heteroatoms. The summed E-state index contributed by atoms with van der Waals surface area (Å²) in [5.74, 6) is 0. The standard InChI is InChI=1S/C17H29N2Si/c1-19(2,15-17-11-7-6-8-12-17)14-10-5-3-4-9-13-18-16-20/h6-8,11-12,15,18H,3-5,9-10,13-14,16H2,1-2H3/q+2. The Morgan fingerprint density at radius 1 is 1.15 bits per heavy atom. The van der Waals surface area contributed by atoms with E-state index in [9.17, 15) is 0 Å². The molecule has 3 radical (unpaired) electrons. The lowest BCUT2D eigenvalue weighted by Gasteiger charge is -2.22. The molecule has 1 rings (SSSR count). The Kier molecular flexibility index (Phi) is 8.66. The monoisotopic (exact) mass is 289 g/mol. The van der Waals surface area contributed by atoms with Crippen molar-refractivity contribution in [3.8, 4) is 0 Å². The Bertz CT molecular complexity index is 343. The van der Waals surface area contributed by atoms with Gasteiger partial charge in [-0.2, -0.15) is 0 Å². The maximum absolute atomic E-state index is 3.42. The van der Waals surface area contributed by atoms with E-state index in [1.807, 2.05) is 0 Å². The zero-order chi connectivity index (χ0) is 14.7. The van der Waals surface area contributed by atoms with Crippen molar-refractivity contribution in [3.05, 3.63) is 42.5 Å². The van der Waals surface area contributed by atoms with Crippen molar-refractivity contribution in [2.45, 2.75) is 32.1 Å². The molecule has 1 aliphatic rings. The second-order valence-corrected chi connectivity index (χ2v) is 6.34. The highest BCUT2D eigenvalue weighted by Gasteiger charge is 2.17. The summed E-state index contributed by atoms with van der Waals surface area (Å²) in [6.07, 6.45) is 20.5. The minimum absolute atomic E-state index is 0.904. The van der Waals surface area contributed by atoms with Gasteiger partial charge in [-0.15, -0.1) is 0 Å². The highest BCUT2D eigenvalue weighted by Crippen LogP contribution is 2.14. The van der Waals surface area contributed by atoms with Gasteiger partial charge >= 0.3 is 0 Å². The second-order valence-electron chi connectivity index (χ2n) is 5.99. The van der Waals surface area contributed by atoms with E-state index >= 15 is 0 Å². The zero-order valence-electron chi connectivity index (χ0n) is 13.1. The van der Waals surface area contributed by atoms with E-state index in [1.165, 1.54) is 44.2 Å². The molecule has 1 aliphatic carbocycles. The molecule has 0 amide bonds. The summed E-state index contributed by atoms with van der Waals surface area (Å²) in [4.78, 5) is 0. The Morgan fingerprint density at radius 3 is 2.60 bits per heavy atom. The fourth-order valence-electron chi connectivity index (χ4n) is 2.40. The first-order valence-corrected chi connectivity index (χ1v) is 8.44. The molecule has 0 aromatic rings. The van der Waals surface area contributed by atoms with E-state index in [-0.39, 0.29) is 0 Å². The third-order valence-electron chi connectivity index (χ3n) is 3.51. The van der Waals surface area contributed by atoms with Gasteiger partial charge in [-0.05, 0) is 32.0 Å². The van der Waals surface area contributed by atoms with Gasteiger partial charge in [0.05, 0.1) is 20.6 Å². The van der Waals surface area contributed by atoms with Crippen molar-refractivity contribution in [2.75, 3.05) is 33.4 Å². The van der Waals surface area contributed by atoms with Gasteiger partial charge in [-0.3, -0.25) is 4.48 Å². The summed E-state index contributed by atoms with van der Waals surface area (Å²) in [6, 6.07) is 0. The molecule has 0 saturated carbocycles. The molecule has 0 bridgehead atoms. The molecular formula is C17H29N2Si+2. The van der Waals surface area contributed by atoms with E-state index in [0.29, 0.717) is 0 Å². The van der Waals surface area contributed by atoms with Crippen molar-refractivity contribution in [1.29, 1.82) is 0 Å². The van der Waals surface area contributed by atoms with E-state index < -0.39 is 0 Å². The average molecular weight is 290 g/mol. The highest BCUT2D eigenvalue weighted by molar-refractivity contribution is 6.08. The molecule has 0 aliphatic heterocycles.